The second-order valence-electron chi connectivity index (χ2n) is 4.91. The molecule has 0 aromatic heterocycles. The molecule has 6 nitrogen and oxygen atoms in total. The molecule has 1 aromatic carbocycles. The van der Waals surface area contributed by atoms with Gasteiger partial charge in [0.2, 0.25) is 5.91 Å². The fourth-order valence-electron chi connectivity index (χ4n) is 1.81. The summed E-state index contributed by atoms with van der Waals surface area (Å²) in [7, 11) is 1.35. The Balaban J connectivity index is 2.54. The zero-order valence-corrected chi connectivity index (χ0v) is 12.1. The first kappa shape index (κ1) is 16.8. The number of methoxy groups -OCH3 is 1. The summed E-state index contributed by atoms with van der Waals surface area (Å²) in [5.74, 6) is -1.84. The Morgan fingerprint density at radius 2 is 1.81 bits per heavy atom. The topological polar surface area (TPSA) is 92.7 Å². The highest BCUT2D eigenvalue weighted by atomic mass is 16.5. The number of aliphatic carboxylic acids is 1. The highest BCUT2D eigenvalue weighted by Gasteiger charge is 2.34. The van der Waals surface area contributed by atoms with Gasteiger partial charge in [-0.15, -0.1) is 0 Å². The SMILES string of the molecule is COCC(C)(NC(=O)CCC(=O)c1ccccc1)C(=O)O. The van der Waals surface area contributed by atoms with Crippen molar-refractivity contribution in [2.45, 2.75) is 25.3 Å². The molecule has 0 aliphatic carbocycles. The molecular weight excluding hydrogens is 274 g/mol. The monoisotopic (exact) mass is 293 g/mol. The molecule has 1 rings (SSSR count). The van der Waals surface area contributed by atoms with Crippen LogP contribution in [0.5, 0.6) is 0 Å². The van der Waals surface area contributed by atoms with Crippen molar-refractivity contribution in [3.8, 4) is 0 Å². The van der Waals surface area contributed by atoms with Crippen LogP contribution in [-0.4, -0.2) is 42.0 Å². The second kappa shape index (κ2) is 7.54. The van der Waals surface area contributed by atoms with Gasteiger partial charge in [-0.05, 0) is 6.92 Å². The average molecular weight is 293 g/mol. The lowest BCUT2D eigenvalue weighted by molar-refractivity contribution is -0.149. The van der Waals surface area contributed by atoms with Crippen molar-refractivity contribution in [1.29, 1.82) is 0 Å². The van der Waals surface area contributed by atoms with Crippen LogP contribution in [-0.2, 0) is 14.3 Å². The van der Waals surface area contributed by atoms with Crippen LogP contribution in [0.1, 0.15) is 30.1 Å². The van der Waals surface area contributed by atoms with E-state index in [0.717, 1.165) is 0 Å². The Labute approximate surface area is 123 Å². The standard InChI is InChI=1S/C15H19NO5/c1-15(10-21-2,14(19)20)16-13(18)9-8-12(17)11-6-4-3-5-7-11/h3-7H,8-10H2,1-2H3,(H,16,18)(H,19,20). The molecule has 0 aliphatic heterocycles. The molecule has 1 atom stereocenters. The summed E-state index contributed by atoms with van der Waals surface area (Å²) in [6.07, 6.45) is -0.0428. The van der Waals surface area contributed by atoms with E-state index in [1.807, 2.05) is 0 Å². The van der Waals surface area contributed by atoms with E-state index in [1.54, 1.807) is 30.3 Å². The lowest BCUT2D eigenvalue weighted by Gasteiger charge is -2.25. The number of nitrogens with one attached hydrogen (secondary N) is 1. The first-order chi connectivity index (χ1) is 9.89. The molecule has 6 heteroatoms. The minimum Gasteiger partial charge on any atom is -0.479 e. The van der Waals surface area contributed by atoms with Gasteiger partial charge in [-0.3, -0.25) is 9.59 Å². The minimum absolute atomic E-state index is 0.0263. The predicted molar refractivity (Wildman–Crippen MR) is 76.1 cm³/mol. The van der Waals surface area contributed by atoms with Gasteiger partial charge in [-0.1, -0.05) is 30.3 Å². The predicted octanol–water partition coefficient (Wildman–Crippen LogP) is 1.26. The number of carboxylic acid groups (broad SMARTS) is 1. The van der Waals surface area contributed by atoms with Gasteiger partial charge in [0.15, 0.2) is 11.3 Å². The largest absolute Gasteiger partial charge is 0.479 e. The number of benzene rings is 1. The zero-order chi connectivity index (χ0) is 15.9. The lowest BCUT2D eigenvalue weighted by atomic mass is 10.0. The third-order valence-corrected chi connectivity index (χ3v) is 3.00. The maximum absolute atomic E-state index is 11.9. The number of rotatable bonds is 8. The van der Waals surface area contributed by atoms with Crippen molar-refractivity contribution in [3.05, 3.63) is 35.9 Å². The van der Waals surface area contributed by atoms with Crippen LogP contribution in [0, 0.1) is 0 Å². The number of Topliss-reactive ketones (excluding diaryl/α,β-unsaturated/α-hetero) is 1. The number of amides is 1. The average Bonchev–Trinajstić information content (AvgIpc) is 2.45. The first-order valence-corrected chi connectivity index (χ1v) is 6.50. The van der Waals surface area contributed by atoms with Crippen molar-refractivity contribution in [2.24, 2.45) is 0 Å². The van der Waals surface area contributed by atoms with E-state index in [4.69, 9.17) is 9.84 Å². The molecule has 21 heavy (non-hydrogen) atoms. The van der Waals surface area contributed by atoms with Crippen LogP contribution < -0.4 is 5.32 Å². The molecule has 0 radical (unpaired) electrons. The molecular formula is C15H19NO5. The summed E-state index contributed by atoms with van der Waals surface area (Å²) in [6.45, 7) is 1.20. The molecule has 114 valence electrons. The number of carbonyl (C=O) groups is 3. The molecule has 0 spiro atoms. The van der Waals surface area contributed by atoms with E-state index in [9.17, 15) is 14.4 Å². The van der Waals surface area contributed by atoms with E-state index in [0.29, 0.717) is 5.56 Å². The summed E-state index contributed by atoms with van der Waals surface area (Å²) in [4.78, 5) is 34.8. The molecule has 0 saturated heterocycles. The van der Waals surface area contributed by atoms with Gasteiger partial charge in [0.05, 0.1) is 6.61 Å². The van der Waals surface area contributed by atoms with Crippen LogP contribution in [0.25, 0.3) is 0 Å². The van der Waals surface area contributed by atoms with E-state index in [2.05, 4.69) is 5.32 Å². The Morgan fingerprint density at radius 3 is 2.33 bits per heavy atom. The zero-order valence-electron chi connectivity index (χ0n) is 12.1. The van der Waals surface area contributed by atoms with Gasteiger partial charge in [0, 0.05) is 25.5 Å². The summed E-state index contributed by atoms with van der Waals surface area (Å²) >= 11 is 0. The van der Waals surface area contributed by atoms with Crippen LogP contribution in [0.2, 0.25) is 0 Å². The maximum atomic E-state index is 11.9. The van der Waals surface area contributed by atoms with Crippen LogP contribution in [0.3, 0.4) is 0 Å². The van der Waals surface area contributed by atoms with Crippen LogP contribution in [0.4, 0.5) is 0 Å². The van der Waals surface area contributed by atoms with E-state index in [-0.39, 0.29) is 25.2 Å². The molecule has 0 bridgehead atoms. The maximum Gasteiger partial charge on any atom is 0.331 e. The van der Waals surface area contributed by atoms with E-state index < -0.39 is 17.4 Å². The summed E-state index contributed by atoms with van der Waals surface area (Å²) < 4.78 is 4.80. The molecule has 0 heterocycles. The first-order valence-electron chi connectivity index (χ1n) is 6.50. The Kier molecular flexibility index (Phi) is 6.05. The third-order valence-electron chi connectivity index (χ3n) is 3.00. The molecule has 1 unspecified atom stereocenters. The minimum atomic E-state index is -1.50. The molecule has 0 saturated carbocycles. The van der Waals surface area contributed by atoms with Gasteiger partial charge in [-0.2, -0.15) is 0 Å². The summed E-state index contributed by atoms with van der Waals surface area (Å²) in [5.41, 5.74) is -0.968. The number of ketones is 1. The van der Waals surface area contributed by atoms with Crippen molar-refractivity contribution < 1.29 is 24.2 Å². The summed E-state index contributed by atoms with van der Waals surface area (Å²) in [5, 5.41) is 11.5. The Bertz CT molecular complexity index is 514. The smallest absolute Gasteiger partial charge is 0.331 e. The normalized spacial score (nSPS) is 13.2. The van der Waals surface area contributed by atoms with Gasteiger partial charge in [0.1, 0.15) is 0 Å². The molecule has 1 amide bonds. The molecule has 0 fully saturated rings. The van der Waals surface area contributed by atoms with Crippen molar-refractivity contribution in [1.82, 2.24) is 5.32 Å². The number of ether oxygens (including phenoxy) is 1. The highest BCUT2D eigenvalue weighted by Crippen LogP contribution is 2.08. The van der Waals surface area contributed by atoms with E-state index >= 15 is 0 Å². The van der Waals surface area contributed by atoms with Gasteiger partial charge >= 0.3 is 5.97 Å². The second-order valence-corrected chi connectivity index (χ2v) is 4.91. The highest BCUT2D eigenvalue weighted by molar-refractivity contribution is 5.98. The van der Waals surface area contributed by atoms with Crippen molar-refractivity contribution in [3.63, 3.8) is 0 Å². The van der Waals surface area contributed by atoms with Gasteiger partial charge in [-0.25, -0.2) is 4.79 Å². The quantitative estimate of drug-likeness (QED) is 0.704. The van der Waals surface area contributed by atoms with Crippen molar-refractivity contribution >= 4 is 17.7 Å². The Hall–Kier alpha value is -2.21. The third kappa shape index (κ3) is 5.00. The molecule has 2 N–H and O–H groups in total. The van der Waals surface area contributed by atoms with Crippen LogP contribution in [0.15, 0.2) is 30.3 Å². The van der Waals surface area contributed by atoms with E-state index in [1.165, 1.54) is 14.0 Å². The van der Waals surface area contributed by atoms with Crippen LogP contribution >= 0.6 is 0 Å². The molecule has 0 aliphatic rings. The molecule has 1 aromatic rings. The fourth-order valence-corrected chi connectivity index (χ4v) is 1.81. The number of carbonyl (C=O) groups excluding carboxylic acids is 2. The fraction of sp³-hybridized carbons (Fsp3) is 0.400. The number of hydrogen-bond donors (Lipinski definition) is 2. The number of carboxylic acids is 1. The lowest BCUT2D eigenvalue weighted by Crippen LogP contribution is -2.55. The number of hydrogen-bond acceptors (Lipinski definition) is 4. The Morgan fingerprint density at radius 1 is 1.19 bits per heavy atom. The summed E-state index contributed by atoms with van der Waals surface area (Å²) in [6, 6.07) is 8.63. The van der Waals surface area contributed by atoms with Gasteiger partial charge < -0.3 is 15.2 Å². The van der Waals surface area contributed by atoms with Gasteiger partial charge in [0.25, 0.3) is 0 Å². The van der Waals surface area contributed by atoms with Crippen molar-refractivity contribution in [2.75, 3.05) is 13.7 Å².